The third-order valence-corrected chi connectivity index (χ3v) is 3.99. The van der Waals surface area contributed by atoms with E-state index in [9.17, 15) is 18.0 Å². The van der Waals surface area contributed by atoms with Crippen molar-refractivity contribution in [3.8, 4) is 11.5 Å². The van der Waals surface area contributed by atoms with Gasteiger partial charge in [-0.05, 0) is 12.1 Å². The molecule has 0 spiro atoms. The Morgan fingerprint density at radius 2 is 1.96 bits per heavy atom. The molecule has 0 saturated carbocycles. The number of carboxylic acids is 1. The van der Waals surface area contributed by atoms with E-state index in [1.165, 1.54) is 4.90 Å². The van der Waals surface area contributed by atoms with Crippen molar-refractivity contribution < 1.29 is 27.6 Å². The van der Waals surface area contributed by atoms with Gasteiger partial charge in [-0.3, -0.25) is 9.69 Å². The molecule has 3 rings (SSSR count). The molecule has 1 aromatic carbocycles. The summed E-state index contributed by atoms with van der Waals surface area (Å²) < 4.78 is 44.0. The molecule has 1 aliphatic rings. The van der Waals surface area contributed by atoms with Crippen molar-refractivity contribution in [2.24, 2.45) is 11.8 Å². The summed E-state index contributed by atoms with van der Waals surface area (Å²) in [5.41, 5.74) is 0.703. The number of aliphatic carboxylic acids is 1. The summed E-state index contributed by atoms with van der Waals surface area (Å²) in [6.45, 7) is -0.586. The van der Waals surface area contributed by atoms with E-state index >= 15 is 0 Å². The van der Waals surface area contributed by atoms with Gasteiger partial charge in [0.15, 0.2) is 5.82 Å². The zero-order valence-corrected chi connectivity index (χ0v) is 13.6. The second-order valence-electron chi connectivity index (χ2n) is 5.67. The van der Waals surface area contributed by atoms with E-state index in [-0.39, 0.29) is 37.2 Å². The monoisotopic (exact) mass is 377 g/mol. The number of aromatic nitrogens is 2. The van der Waals surface area contributed by atoms with Crippen molar-refractivity contribution in [3.63, 3.8) is 0 Å². The first-order chi connectivity index (χ1) is 11.3. The van der Waals surface area contributed by atoms with Gasteiger partial charge in [0.2, 0.25) is 0 Å². The molecule has 1 aromatic heterocycles. The van der Waals surface area contributed by atoms with Crippen LogP contribution in [0.25, 0.3) is 11.5 Å². The van der Waals surface area contributed by atoms with Crippen LogP contribution in [0.3, 0.4) is 0 Å². The topological polar surface area (TPSA) is 79.5 Å². The standard InChI is InChI=1S/C15H14F3N3O3.ClH/c16-15(17,18)11-7-21(6-10(11)14(22)23)8-12-19-13(24-20-12)9-4-2-1-3-5-9;/h1-5,10-11H,6-8H2,(H,22,23);1H/t10-,11-;/m1./s1. The lowest BCUT2D eigenvalue weighted by Gasteiger charge is -2.18. The van der Waals surface area contributed by atoms with Gasteiger partial charge in [-0.1, -0.05) is 23.4 Å². The zero-order chi connectivity index (χ0) is 17.3. The fourth-order valence-electron chi connectivity index (χ4n) is 2.81. The Bertz CT molecular complexity index is 724. The number of carbonyl (C=O) groups is 1. The lowest BCUT2D eigenvalue weighted by Crippen LogP contribution is -2.33. The maximum atomic E-state index is 13.0. The van der Waals surface area contributed by atoms with Gasteiger partial charge >= 0.3 is 12.1 Å². The number of carboxylic acid groups (broad SMARTS) is 1. The third kappa shape index (κ3) is 4.29. The van der Waals surface area contributed by atoms with E-state index in [4.69, 9.17) is 9.63 Å². The van der Waals surface area contributed by atoms with E-state index in [1.807, 2.05) is 6.07 Å². The molecule has 6 nitrogen and oxygen atoms in total. The minimum Gasteiger partial charge on any atom is -0.481 e. The van der Waals surface area contributed by atoms with E-state index in [1.54, 1.807) is 24.3 Å². The van der Waals surface area contributed by atoms with Crippen LogP contribution in [0, 0.1) is 11.8 Å². The van der Waals surface area contributed by atoms with Gasteiger partial charge in [-0.2, -0.15) is 18.2 Å². The molecule has 2 atom stereocenters. The second kappa shape index (κ2) is 7.40. The number of alkyl halides is 3. The van der Waals surface area contributed by atoms with Crippen LogP contribution in [0.5, 0.6) is 0 Å². The minimum absolute atomic E-state index is 0. The van der Waals surface area contributed by atoms with Gasteiger partial charge in [0.25, 0.3) is 5.89 Å². The van der Waals surface area contributed by atoms with Crippen LogP contribution < -0.4 is 0 Å². The molecule has 0 bridgehead atoms. The summed E-state index contributed by atoms with van der Waals surface area (Å²) >= 11 is 0. The normalized spacial score (nSPS) is 21.1. The van der Waals surface area contributed by atoms with Crippen LogP contribution in [-0.4, -0.2) is 45.4 Å². The van der Waals surface area contributed by atoms with Crippen molar-refractivity contribution >= 4 is 18.4 Å². The molecule has 0 radical (unpaired) electrons. The van der Waals surface area contributed by atoms with Crippen LogP contribution >= 0.6 is 12.4 Å². The predicted molar refractivity (Wildman–Crippen MR) is 82.9 cm³/mol. The highest BCUT2D eigenvalue weighted by Gasteiger charge is 2.52. The third-order valence-electron chi connectivity index (χ3n) is 3.99. The van der Waals surface area contributed by atoms with Crippen molar-refractivity contribution in [2.75, 3.05) is 13.1 Å². The van der Waals surface area contributed by atoms with Crippen molar-refractivity contribution in [2.45, 2.75) is 12.7 Å². The molecule has 25 heavy (non-hydrogen) atoms. The van der Waals surface area contributed by atoms with Crippen LogP contribution in [-0.2, 0) is 11.3 Å². The first kappa shape index (κ1) is 19.2. The first-order valence-corrected chi connectivity index (χ1v) is 7.24. The number of hydrogen-bond acceptors (Lipinski definition) is 5. The Kier molecular flexibility index (Phi) is 5.69. The molecule has 0 amide bonds. The summed E-state index contributed by atoms with van der Waals surface area (Å²) in [6.07, 6.45) is -4.55. The summed E-state index contributed by atoms with van der Waals surface area (Å²) in [5, 5.41) is 12.8. The number of benzene rings is 1. The van der Waals surface area contributed by atoms with Crippen LogP contribution in [0.4, 0.5) is 13.2 Å². The Morgan fingerprint density at radius 3 is 2.52 bits per heavy atom. The molecule has 136 valence electrons. The summed E-state index contributed by atoms with van der Waals surface area (Å²) in [7, 11) is 0. The van der Waals surface area contributed by atoms with Crippen LogP contribution in [0.15, 0.2) is 34.9 Å². The smallest absolute Gasteiger partial charge is 0.393 e. The molecule has 1 fully saturated rings. The van der Waals surface area contributed by atoms with Crippen molar-refractivity contribution in [3.05, 3.63) is 36.2 Å². The molecule has 10 heteroatoms. The maximum Gasteiger partial charge on any atom is 0.393 e. The number of likely N-dealkylation sites (tertiary alicyclic amines) is 1. The Labute approximate surface area is 147 Å². The SMILES string of the molecule is Cl.O=C(O)[C@@H]1CN(Cc2noc(-c3ccccc3)n2)C[C@H]1C(F)(F)F. The highest BCUT2D eigenvalue weighted by atomic mass is 35.5. The predicted octanol–water partition coefficient (Wildman–Crippen LogP) is 2.85. The van der Waals surface area contributed by atoms with Gasteiger partial charge in [-0.25, -0.2) is 0 Å². The Morgan fingerprint density at radius 1 is 1.28 bits per heavy atom. The molecular formula is C15H15ClF3N3O3. The van der Waals surface area contributed by atoms with Gasteiger partial charge < -0.3 is 9.63 Å². The van der Waals surface area contributed by atoms with E-state index in [0.29, 0.717) is 5.56 Å². The van der Waals surface area contributed by atoms with Crippen LogP contribution in [0.2, 0.25) is 0 Å². The maximum absolute atomic E-state index is 13.0. The lowest BCUT2D eigenvalue weighted by molar-refractivity contribution is -0.188. The molecule has 0 unspecified atom stereocenters. The number of halogens is 4. The van der Waals surface area contributed by atoms with E-state index in [0.717, 1.165) is 0 Å². The Hall–Kier alpha value is -2.13. The lowest BCUT2D eigenvalue weighted by atomic mass is 9.96. The van der Waals surface area contributed by atoms with Gasteiger partial charge in [0.1, 0.15) is 0 Å². The Balaban J connectivity index is 0.00000225. The van der Waals surface area contributed by atoms with Gasteiger partial charge in [-0.15, -0.1) is 12.4 Å². The molecule has 1 N–H and O–H groups in total. The highest BCUT2D eigenvalue weighted by Crippen LogP contribution is 2.38. The van der Waals surface area contributed by atoms with Crippen LogP contribution in [0.1, 0.15) is 5.82 Å². The highest BCUT2D eigenvalue weighted by molar-refractivity contribution is 5.85. The van der Waals surface area contributed by atoms with Gasteiger partial charge in [0.05, 0.1) is 18.4 Å². The average molecular weight is 378 g/mol. The van der Waals surface area contributed by atoms with E-state index in [2.05, 4.69) is 10.1 Å². The first-order valence-electron chi connectivity index (χ1n) is 7.24. The summed E-state index contributed by atoms with van der Waals surface area (Å²) in [5.74, 6) is -4.33. The second-order valence-corrected chi connectivity index (χ2v) is 5.67. The fraction of sp³-hybridized carbons (Fsp3) is 0.400. The quantitative estimate of drug-likeness (QED) is 0.882. The zero-order valence-electron chi connectivity index (χ0n) is 12.8. The summed E-state index contributed by atoms with van der Waals surface area (Å²) in [4.78, 5) is 16.6. The molecule has 1 aliphatic heterocycles. The minimum atomic E-state index is -4.55. The molecule has 1 saturated heterocycles. The van der Waals surface area contributed by atoms with Crippen molar-refractivity contribution in [1.29, 1.82) is 0 Å². The van der Waals surface area contributed by atoms with E-state index < -0.39 is 30.5 Å². The molecule has 2 aromatic rings. The molecule has 2 heterocycles. The number of hydrogen-bond donors (Lipinski definition) is 1. The molecule has 0 aliphatic carbocycles. The fourth-order valence-corrected chi connectivity index (χ4v) is 2.81. The largest absolute Gasteiger partial charge is 0.481 e. The van der Waals surface area contributed by atoms with Gasteiger partial charge in [0, 0.05) is 18.7 Å². The summed E-state index contributed by atoms with van der Waals surface area (Å²) in [6, 6.07) is 8.96. The number of nitrogens with zero attached hydrogens (tertiary/aromatic N) is 3. The van der Waals surface area contributed by atoms with Crippen molar-refractivity contribution in [1.82, 2.24) is 15.0 Å². The molecular weight excluding hydrogens is 363 g/mol. The average Bonchev–Trinajstić information content (AvgIpc) is 3.15. The number of rotatable bonds is 4.